The molecular weight excluding hydrogens is 209 g/mol. The highest BCUT2D eigenvalue weighted by Crippen LogP contribution is 2.26. The summed E-state index contributed by atoms with van der Waals surface area (Å²) in [5, 5.41) is 1.04. The van der Waals surface area contributed by atoms with Crippen LogP contribution in [0.2, 0.25) is 0 Å². The molecule has 80 valence electrons. The Kier molecular flexibility index (Phi) is 3.00. The number of aryl methyl sites for hydroxylation is 1. The lowest BCUT2D eigenvalue weighted by Crippen LogP contribution is -1.86. The smallest absolute Gasteiger partial charge is 0.147 e. The van der Waals surface area contributed by atoms with Gasteiger partial charge < -0.3 is 4.57 Å². The van der Waals surface area contributed by atoms with Gasteiger partial charge in [0.1, 0.15) is 5.82 Å². The molecule has 0 atom stereocenters. The van der Waals surface area contributed by atoms with Crippen LogP contribution in [-0.2, 0) is 12.8 Å². The summed E-state index contributed by atoms with van der Waals surface area (Å²) in [6.07, 6.45) is 2.02. The Morgan fingerprint density at radius 2 is 2.20 bits per heavy atom. The largest absolute Gasteiger partial charge is 0.348 e. The zero-order chi connectivity index (χ0) is 10.8. The van der Waals surface area contributed by atoms with Crippen LogP contribution in [0.5, 0.6) is 0 Å². The van der Waals surface area contributed by atoms with Crippen LogP contribution >= 0.6 is 11.8 Å². The maximum Gasteiger partial charge on any atom is 0.147 e. The van der Waals surface area contributed by atoms with Crippen LogP contribution in [0.4, 0.5) is 4.39 Å². The molecule has 0 N–H and O–H groups in total. The second-order valence-corrected chi connectivity index (χ2v) is 4.81. The molecule has 3 heteroatoms. The normalized spacial score (nSPS) is 11.1. The van der Waals surface area contributed by atoms with E-state index in [1.54, 1.807) is 6.07 Å². The van der Waals surface area contributed by atoms with Crippen molar-refractivity contribution < 1.29 is 4.39 Å². The predicted octanol–water partition coefficient (Wildman–Crippen LogP) is 3.57. The Bertz CT molecular complexity index is 476. The SMILES string of the molecule is CCSCc1cn(C)c2c(F)cccc12. The highest BCUT2D eigenvalue weighted by Gasteiger charge is 2.09. The zero-order valence-corrected chi connectivity index (χ0v) is 9.77. The van der Waals surface area contributed by atoms with Gasteiger partial charge >= 0.3 is 0 Å². The van der Waals surface area contributed by atoms with Gasteiger partial charge in [-0.1, -0.05) is 19.1 Å². The molecule has 0 saturated carbocycles. The number of thioether (sulfide) groups is 1. The Balaban J connectivity index is 2.53. The van der Waals surface area contributed by atoms with Gasteiger partial charge in [0.15, 0.2) is 0 Å². The number of benzene rings is 1. The molecular formula is C12H14FNS. The van der Waals surface area contributed by atoms with Crippen LogP contribution in [-0.4, -0.2) is 10.3 Å². The maximum absolute atomic E-state index is 13.6. The molecule has 0 aliphatic heterocycles. The molecule has 0 spiro atoms. The lowest BCUT2D eigenvalue weighted by molar-refractivity contribution is 0.632. The predicted molar refractivity (Wildman–Crippen MR) is 64.7 cm³/mol. The van der Waals surface area contributed by atoms with E-state index in [-0.39, 0.29) is 5.82 Å². The molecule has 0 aliphatic rings. The van der Waals surface area contributed by atoms with E-state index < -0.39 is 0 Å². The van der Waals surface area contributed by atoms with Crippen molar-refractivity contribution in [3.63, 3.8) is 0 Å². The van der Waals surface area contributed by atoms with Gasteiger partial charge in [-0.25, -0.2) is 4.39 Å². The number of nitrogens with zero attached hydrogens (tertiary/aromatic N) is 1. The summed E-state index contributed by atoms with van der Waals surface area (Å²) in [7, 11) is 1.89. The number of para-hydroxylation sites is 1. The fourth-order valence-corrected chi connectivity index (χ4v) is 2.48. The van der Waals surface area contributed by atoms with Crippen molar-refractivity contribution in [2.45, 2.75) is 12.7 Å². The molecule has 0 amide bonds. The van der Waals surface area contributed by atoms with Crippen LogP contribution in [0, 0.1) is 5.82 Å². The Morgan fingerprint density at radius 3 is 2.93 bits per heavy atom. The highest BCUT2D eigenvalue weighted by molar-refractivity contribution is 7.98. The first-order valence-electron chi connectivity index (χ1n) is 5.04. The fourth-order valence-electron chi connectivity index (χ4n) is 1.83. The summed E-state index contributed by atoms with van der Waals surface area (Å²) in [4.78, 5) is 0. The summed E-state index contributed by atoms with van der Waals surface area (Å²) >= 11 is 1.86. The summed E-state index contributed by atoms with van der Waals surface area (Å²) in [6, 6.07) is 5.28. The fraction of sp³-hybridized carbons (Fsp3) is 0.333. The molecule has 2 aromatic rings. The lowest BCUT2D eigenvalue weighted by atomic mass is 10.2. The van der Waals surface area contributed by atoms with Crippen LogP contribution in [0.25, 0.3) is 10.9 Å². The van der Waals surface area contributed by atoms with E-state index in [0.717, 1.165) is 16.9 Å². The van der Waals surface area contributed by atoms with Crippen LogP contribution < -0.4 is 0 Å². The second kappa shape index (κ2) is 4.27. The summed E-state index contributed by atoms with van der Waals surface area (Å²) in [6.45, 7) is 2.14. The van der Waals surface area contributed by atoms with Gasteiger partial charge in [0, 0.05) is 24.4 Å². The Labute approximate surface area is 93.3 Å². The molecule has 1 heterocycles. The first kappa shape index (κ1) is 10.6. The molecule has 15 heavy (non-hydrogen) atoms. The van der Waals surface area contributed by atoms with Gasteiger partial charge in [-0.3, -0.25) is 0 Å². The standard InChI is InChI=1S/C12H14FNS/c1-3-15-8-9-7-14(2)12-10(9)5-4-6-11(12)13/h4-7H,3,8H2,1-2H3. The van der Waals surface area contributed by atoms with Gasteiger partial charge in [0.2, 0.25) is 0 Å². The van der Waals surface area contributed by atoms with Gasteiger partial charge in [0.25, 0.3) is 0 Å². The molecule has 0 fully saturated rings. The summed E-state index contributed by atoms with van der Waals surface area (Å²) in [5.41, 5.74) is 1.93. The molecule has 1 nitrogen and oxygen atoms in total. The average Bonchev–Trinajstić information content (AvgIpc) is 2.54. The van der Waals surface area contributed by atoms with Crippen molar-refractivity contribution in [2.24, 2.45) is 7.05 Å². The number of rotatable bonds is 3. The first-order chi connectivity index (χ1) is 7.24. The van der Waals surface area contributed by atoms with E-state index >= 15 is 0 Å². The second-order valence-electron chi connectivity index (χ2n) is 3.54. The number of halogens is 1. The topological polar surface area (TPSA) is 4.93 Å². The van der Waals surface area contributed by atoms with E-state index in [2.05, 4.69) is 6.92 Å². The van der Waals surface area contributed by atoms with E-state index in [0.29, 0.717) is 5.52 Å². The van der Waals surface area contributed by atoms with E-state index in [1.807, 2.05) is 35.6 Å². The minimum Gasteiger partial charge on any atom is -0.348 e. The third-order valence-corrected chi connectivity index (χ3v) is 3.42. The van der Waals surface area contributed by atoms with Gasteiger partial charge in [-0.2, -0.15) is 11.8 Å². The Morgan fingerprint density at radius 1 is 1.40 bits per heavy atom. The van der Waals surface area contributed by atoms with E-state index in [9.17, 15) is 4.39 Å². The average molecular weight is 223 g/mol. The number of fused-ring (bicyclic) bond motifs is 1. The minimum absolute atomic E-state index is 0.136. The number of hydrogen-bond acceptors (Lipinski definition) is 1. The molecule has 2 rings (SSSR count). The van der Waals surface area contributed by atoms with Gasteiger partial charge in [-0.05, 0) is 17.4 Å². The molecule has 0 aliphatic carbocycles. The quantitative estimate of drug-likeness (QED) is 0.770. The molecule has 0 bridgehead atoms. The third kappa shape index (κ3) is 1.88. The van der Waals surface area contributed by atoms with Crippen molar-refractivity contribution >= 4 is 22.7 Å². The van der Waals surface area contributed by atoms with Crippen molar-refractivity contribution in [1.29, 1.82) is 0 Å². The van der Waals surface area contributed by atoms with E-state index in [4.69, 9.17) is 0 Å². The lowest BCUT2D eigenvalue weighted by Gasteiger charge is -1.97. The molecule has 0 radical (unpaired) electrons. The van der Waals surface area contributed by atoms with Crippen molar-refractivity contribution in [2.75, 3.05) is 5.75 Å². The highest BCUT2D eigenvalue weighted by atomic mass is 32.2. The Hall–Kier alpha value is -0.960. The summed E-state index contributed by atoms with van der Waals surface area (Å²) < 4.78 is 15.4. The van der Waals surface area contributed by atoms with Crippen LogP contribution in [0.1, 0.15) is 12.5 Å². The third-order valence-electron chi connectivity index (χ3n) is 2.50. The molecule has 1 aromatic carbocycles. The van der Waals surface area contributed by atoms with Crippen LogP contribution in [0.3, 0.4) is 0 Å². The van der Waals surface area contributed by atoms with Crippen molar-refractivity contribution in [1.82, 2.24) is 4.57 Å². The number of aromatic nitrogens is 1. The van der Waals surface area contributed by atoms with Gasteiger partial charge in [0.05, 0.1) is 5.52 Å². The van der Waals surface area contributed by atoms with Crippen molar-refractivity contribution in [3.05, 3.63) is 35.8 Å². The molecule has 0 unspecified atom stereocenters. The van der Waals surface area contributed by atoms with Gasteiger partial charge in [-0.15, -0.1) is 0 Å². The summed E-state index contributed by atoms with van der Waals surface area (Å²) in [5.74, 6) is 1.91. The monoisotopic (exact) mass is 223 g/mol. The minimum atomic E-state index is -0.136. The zero-order valence-electron chi connectivity index (χ0n) is 8.96. The number of hydrogen-bond donors (Lipinski definition) is 0. The first-order valence-corrected chi connectivity index (χ1v) is 6.19. The maximum atomic E-state index is 13.6. The van der Waals surface area contributed by atoms with Crippen molar-refractivity contribution in [3.8, 4) is 0 Å². The van der Waals surface area contributed by atoms with E-state index in [1.165, 1.54) is 11.6 Å². The molecule has 0 saturated heterocycles. The van der Waals surface area contributed by atoms with Crippen LogP contribution in [0.15, 0.2) is 24.4 Å². The molecule has 1 aromatic heterocycles.